The SMILES string of the molecule is CC(Nc1nc(-c2cccnc2)nc2sc3c(c12)CCC3)c1nnc2n1CCCC2. The minimum Gasteiger partial charge on any atom is -0.360 e. The second-order valence-electron chi connectivity index (χ2n) is 8.12. The molecule has 2 aliphatic rings. The second-order valence-corrected chi connectivity index (χ2v) is 9.21. The molecule has 0 aromatic carbocycles. The molecule has 0 radical (unpaired) electrons. The summed E-state index contributed by atoms with van der Waals surface area (Å²) in [6.45, 7) is 3.15. The molecule has 5 heterocycles. The third-order valence-corrected chi connectivity index (χ3v) is 7.30. The number of rotatable bonds is 4. The second kappa shape index (κ2) is 7.12. The summed E-state index contributed by atoms with van der Waals surface area (Å²) in [5.41, 5.74) is 2.36. The van der Waals surface area contributed by atoms with Gasteiger partial charge >= 0.3 is 0 Å². The molecule has 1 aliphatic heterocycles. The molecule has 0 amide bonds. The highest BCUT2D eigenvalue weighted by atomic mass is 32.1. The van der Waals surface area contributed by atoms with Crippen molar-refractivity contribution in [1.82, 2.24) is 29.7 Å². The first-order valence-electron chi connectivity index (χ1n) is 10.7. The fourth-order valence-electron chi connectivity index (χ4n) is 4.65. The number of hydrogen-bond donors (Lipinski definition) is 1. The summed E-state index contributed by atoms with van der Waals surface area (Å²) in [4.78, 5) is 16.6. The zero-order chi connectivity index (χ0) is 20.1. The summed E-state index contributed by atoms with van der Waals surface area (Å²) >= 11 is 1.81. The molecular weight excluding hydrogens is 394 g/mol. The van der Waals surface area contributed by atoms with E-state index in [0.29, 0.717) is 5.82 Å². The molecule has 0 bridgehead atoms. The van der Waals surface area contributed by atoms with Crippen molar-refractivity contribution >= 4 is 27.4 Å². The molecule has 1 N–H and O–H groups in total. The third-order valence-electron chi connectivity index (χ3n) is 6.11. The van der Waals surface area contributed by atoms with Gasteiger partial charge in [-0.3, -0.25) is 4.98 Å². The van der Waals surface area contributed by atoms with Gasteiger partial charge in [-0.1, -0.05) is 0 Å². The van der Waals surface area contributed by atoms with E-state index in [1.807, 2.05) is 29.7 Å². The van der Waals surface area contributed by atoms with Gasteiger partial charge in [0.2, 0.25) is 0 Å². The summed E-state index contributed by atoms with van der Waals surface area (Å²) in [5.74, 6) is 3.71. The Hall–Kier alpha value is -2.87. The highest BCUT2D eigenvalue weighted by Gasteiger charge is 2.25. The lowest BCUT2D eigenvalue weighted by molar-refractivity contribution is 0.500. The molecule has 0 spiro atoms. The largest absolute Gasteiger partial charge is 0.360 e. The average molecular weight is 418 g/mol. The average Bonchev–Trinajstić information content (AvgIpc) is 3.48. The van der Waals surface area contributed by atoms with Crippen LogP contribution in [0.1, 0.15) is 54.3 Å². The molecule has 0 saturated carbocycles. The van der Waals surface area contributed by atoms with Crippen molar-refractivity contribution in [3.8, 4) is 11.4 Å². The van der Waals surface area contributed by atoms with Gasteiger partial charge in [0.05, 0.1) is 11.4 Å². The number of fused-ring (bicyclic) bond motifs is 4. The molecular formula is C22H23N7S. The Morgan fingerprint density at radius 2 is 2.07 bits per heavy atom. The van der Waals surface area contributed by atoms with E-state index in [1.54, 1.807) is 6.20 Å². The number of anilines is 1. The number of aromatic nitrogens is 6. The van der Waals surface area contributed by atoms with Crippen LogP contribution in [0.25, 0.3) is 21.6 Å². The van der Waals surface area contributed by atoms with E-state index < -0.39 is 0 Å². The molecule has 1 aliphatic carbocycles. The molecule has 8 heteroatoms. The summed E-state index contributed by atoms with van der Waals surface area (Å²) in [7, 11) is 0. The number of pyridine rings is 1. The molecule has 152 valence electrons. The molecule has 0 saturated heterocycles. The Kier molecular flexibility index (Phi) is 4.26. The van der Waals surface area contributed by atoms with Gasteiger partial charge in [0.15, 0.2) is 11.6 Å². The molecule has 6 rings (SSSR count). The van der Waals surface area contributed by atoms with Gasteiger partial charge in [-0.2, -0.15) is 0 Å². The van der Waals surface area contributed by atoms with Crippen molar-refractivity contribution in [1.29, 1.82) is 0 Å². The summed E-state index contributed by atoms with van der Waals surface area (Å²) in [5, 5.41) is 13.8. The van der Waals surface area contributed by atoms with Crippen molar-refractivity contribution in [2.75, 3.05) is 5.32 Å². The Morgan fingerprint density at radius 3 is 2.97 bits per heavy atom. The lowest BCUT2D eigenvalue weighted by atomic mass is 10.1. The fourth-order valence-corrected chi connectivity index (χ4v) is 5.91. The van der Waals surface area contributed by atoms with Crippen LogP contribution in [0.15, 0.2) is 24.5 Å². The van der Waals surface area contributed by atoms with Gasteiger partial charge in [-0.25, -0.2) is 9.97 Å². The Labute approximate surface area is 178 Å². The summed E-state index contributed by atoms with van der Waals surface area (Å²) in [6.07, 6.45) is 10.5. The molecule has 4 aromatic heterocycles. The highest BCUT2D eigenvalue weighted by Crippen LogP contribution is 2.41. The Morgan fingerprint density at radius 1 is 1.10 bits per heavy atom. The van der Waals surface area contributed by atoms with Crippen LogP contribution in [0, 0.1) is 0 Å². The van der Waals surface area contributed by atoms with E-state index >= 15 is 0 Å². The predicted octanol–water partition coefficient (Wildman–Crippen LogP) is 4.34. The van der Waals surface area contributed by atoms with Crippen molar-refractivity contribution in [3.63, 3.8) is 0 Å². The van der Waals surface area contributed by atoms with Crippen molar-refractivity contribution < 1.29 is 0 Å². The first-order valence-corrected chi connectivity index (χ1v) is 11.5. The van der Waals surface area contributed by atoms with Crippen LogP contribution in [0.3, 0.4) is 0 Å². The highest BCUT2D eigenvalue weighted by molar-refractivity contribution is 7.19. The molecule has 4 aromatic rings. The standard InChI is InChI=1S/C22H23N7S/c1-13(21-28-27-17-9-2-3-11-29(17)21)24-20-18-15-7-4-8-16(15)30-22(18)26-19(25-20)14-6-5-10-23-12-14/h5-6,10,12-13H,2-4,7-9,11H2,1H3,(H,24,25,26). The minimum absolute atomic E-state index is 0.0150. The third kappa shape index (κ3) is 2.89. The maximum atomic E-state index is 4.97. The number of nitrogens with zero attached hydrogens (tertiary/aromatic N) is 6. The first-order chi connectivity index (χ1) is 14.8. The Bertz CT molecular complexity index is 1230. The van der Waals surface area contributed by atoms with Crippen molar-refractivity contribution in [3.05, 3.63) is 46.6 Å². The molecule has 1 atom stereocenters. The van der Waals surface area contributed by atoms with Gasteiger partial charge in [-0.05, 0) is 56.7 Å². The summed E-state index contributed by atoms with van der Waals surface area (Å²) in [6, 6.07) is 3.95. The topological polar surface area (TPSA) is 81.4 Å². The zero-order valence-electron chi connectivity index (χ0n) is 16.9. The number of aryl methyl sites for hydroxylation is 3. The van der Waals surface area contributed by atoms with Gasteiger partial charge < -0.3 is 9.88 Å². The van der Waals surface area contributed by atoms with Gasteiger partial charge in [0.25, 0.3) is 0 Å². The molecule has 7 nitrogen and oxygen atoms in total. The Balaban J connectivity index is 1.45. The van der Waals surface area contributed by atoms with E-state index in [1.165, 1.54) is 35.1 Å². The minimum atomic E-state index is 0.0150. The molecule has 0 fully saturated rings. The zero-order valence-corrected chi connectivity index (χ0v) is 17.7. The van der Waals surface area contributed by atoms with Crippen LogP contribution in [0.5, 0.6) is 0 Å². The van der Waals surface area contributed by atoms with Crippen LogP contribution in [-0.4, -0.2) is 29.7 Å². The lowest BCUT2D eigenvalue weighted by Gasteiger charge is -2.20. The molecule has 1 unspecified atom stereocenters. The maximum Gasteiger partial charge on any atom is 0.164 e. The number of thiophene rings is 1. The maximum absolute atomic E-state index is 4.97. The smallest absolute Gasteiger partial charge is 0.164 e. The van der Waals surface area contributed by atoms with Crippen molar-refractivity contribution in [2.24, 2.45) is 0 Å². The predicted molar refractivity (Wildman–Crippen MR) is 118 cm³/mol. The number of hydrogen-bond acceptors (Lipinski definition) is 7. The van der Waals surface area contributed by atoms with Crippen LogP contribution in [0.4, 0.5) is 5.82 Å². The number of nitrogens with one attached hydrogen (secondary N) is 1. The van der Waals surface area contributed by atoms with E-state index in [9.17, 15) is 0 Å². The lowest BCUT2D eigenvalue weighted by Crippen LogP contribution is -2.18. The van der Waals surface area contributed by atoms with E-state index in [4.69, 9.17) is 9.97 Å². The quantitative estimate of drug-likeness (QED) is 0.532. The van der Waals surface area contributed by atoms with Gasteiger partial charge in [-0.15, -0.1) is 21.5 Å². The van der Waals surface area contributed by atoms with Crippen LogP contribution in [0.2, 0.25) is 0 Å². The van der Waals surface area contributed by atoms with E-state index in [-0.39, 0.29) is 6.04 Å². The first kappa shape index (κ1) is 17.9. The van der Waals surface area contributed by atoms with Crippen molar-refractivity contribution in [2.45, 2.75) is 58.0 Å². The van der Waals surface area contributed by atoms with E-state index in [0.717, 1.165) is 53.7 Å². The van der Waals surface area contributed by atoms with Crippen LogP contribution < -0.4 is 5.32 Å². The molecule has 30 heavy (non-hydrogen) atoms. The summed E-state index contributed by atoms with van der Waals surface area (Å²) < 4.78 is 2.28. The monoisotopic (exact) mass is 417 g/mol. The van der Waals surface area contributed by atoms with Gasteiger partial charge in [0, 0.05) is 35.8 Å². The van der Waals surface area contributed by atoms with Crippen LogP contribution in [-0.2, 0) is 25.8 Å². The normalized spacial score (nSPS) is 16.4. The van der Waals surface area contributed by atoms with E-state index in [2.05, 4.69) is 32.0 Å². The van der Waals surface area contributed by atoms with Crippen LogP contribution >= 0.6 is 11.3 Å². The fraction of sp³-hybridized carbons (Fsp3) is 0.409. The van der Waals surface area contributed by atoms with Gasteiger partial charge in [0.1, 0.15) is 16.5 Å².